The summed E-state index contributed by atoms with van der Waals surface area (Å²) in [4.78, 5) is 10.0. The van der Waals surface area contributed by atoms with Crippen molar-refractivity contribution in [3.8, 4) is 5.75 Å². The monoisotopic (exact) mass is 214 g/mol. The Bertz CT molecular complexity index is 370. The minimum absolute atomic E-state index is 0.0247. The fourth-order valence-corrected chi connectivity index (χ4v) is 1.20. The highest BCUT2D eigenvalue weighted by molar-refractivity contribution is 5.47. The van der Waals surface area contributed by atoms with Crippen LogP contribution >= 0.6 is 0 Å². The molecule has 1 rings (SSSR count). The first-order valence-corrected chi connectivity index (χ1v) is 4.26. The third-order valence-electron chi connectivity index (χ3n) is 1.98. The number of alkyl halides is 1. The van der Waals surface area contributed by atoms with Crippen LogP contribution in [0, 0.1) is 10.1 Å². The maximum absolute atomic E-state index is 13.3. The summed E-state index contributed by atoms with van der Waals surface area (Å²) in [7, 11) is 1.38. The summed E-state index contributed by atoms with van der Waals surface area (Å²) in [6, 6.07) is 3.96. The Morgan fingerprint density at radius 3 is 2.80 bits per heavy atom. The average Bonchev–Trinajstić information content (AvgIpc) is 2.27. The molecule has 0 aliphatic carbocycles. The number of nitro benzene ring substituents is 1. The van der Waals surface area contributed by atoms with Gasteiger partial charge < -0.3 is 10.5 Å². The first-order valence-electron chi connectivity index (χ1n) is 4.26. The molecule has 0 aromatic heterocycles. The van der Waals surface area contributed by atoms with E-state index >= 15 is 0 Å². The maximum atomic E-state index is 13.3. The molecule has 0 heterocycles. The number of ether oxygens (including phenoxy) is 1. The second kappa shape index (κ2) is 4.70. The van der Waals surface area contributed by atoms with Crippen molar-refractivity contribution in [2.24, 2.45) is 5.73 Å². The number of nitro groups is 1. The third-order valence-corrected chi connectivity index (χ3v) is 1.98. The van der Waals surface area contributed by atoms with Gasteiger partial charge in [0.2, 0.25) is 0 Å². The molecule has 6 heteroatoms. The van der Waals surface area contributed by atoms with Crippen LogP contribution in [0.5, 0.6) is 5.75 Å². The van der Waals surface area contributed by atoms with E-state index in [1.165, 1.54) is 25.3 Å². The maximum Gasteiger partial charge on any atom is 0.279 e. The zero-order valence-corrected chi connectivity index (χ0v) is 8.14. The van der Waals surface area contributed by atoms with E-state index in [0.717, 1.165) is 0 Å². The minimum Gasteiger partial charge on any atom is -0.497 e. The zero-order valence-electron chi connectivity index (χ0n) is 8.14. The highest BCUT2D eigenvalue weighted by atomic mass is 19.1. The van der Waals surface area contributed by atoms with Crippen molar-refractivity contribution in [1.29, 1.82) is 0 Å². The quantitative estimate of drug-likeness (QED) is 0.609. The molecular weight excluding hydrogens is 203 g/mol. The topological polar surface area (TPSA) is 78.4 Å². The largest absolute Gasteiger partial charge is 0.497 e. The van der Waals surface area contributed by atoms with Crippen LogP contribution in [-0.4, -0.2) is 18.6 Å². The van der Waals surface area contributed by atoms with E-state index in [0.29, 0.717) is 5.75 Å². The van der Waals surface area contributed by atoms with E-state index in [1.807, 2.05) is 0 Å². The van der Waals surface area contributed by atoms with E-state index in [2.05, 4.69) is 0 Å². The summed E-state index contributed by atoms with van der Waals surface area (Å²) in [5.41, 5.74) is 4.78. The molecule has 1 unspecified atom stereocenters. The Morgan fingerprint density at radius 1 is 1.67 bits per heavy atom. The summed E-state index contributed by atoms with van der Waals surface area (Å²) in [5.74, 6) is 0.315. The molecule has 15 heavy (non-hydrogen) atoms. The van der Waals surface area contributed by atoms with E-state index < -0.39 is 11.1 Å². The van der Waals surface area contributed by atoms with Crippen LogP contribution in [0.3, 0.4) is 0 Å². The molecule has 0 bridgehead atoms. The van der Waals surface area contributed by atoms with Crippen molar-refractivity contribution < 1.29 is 14.1 Å². The second-order valence-corrected chi connectivity index (χ2v) is 2.89. The smallest absolute Gasteiger partial charge is 0.279 e. The molecule has 0 saturated carbocycles. The van der Waals surface area contributed by atoms with Gasteiger partial charge in [0.05, 0.1) is 23.7 Å². The van der Waals surface area contributed by atoms with Gasteiger partial charge in [0, 0.05) is 6.54 Å². The Morgan fingerprint density at radius 2 is 2.33 bits per heavy atom. The molecule has 1 atom stereocenters. The van der Waals surface area contributed by atoms with Gasteiger partial charge in [0.25, 0.3) is 5.69 Å². The first kappa shape index (κ1) is 11.4. The molecule has 0 radical (unpaired) electrons. The number of nitrogens with zero attached hydrogens (tertiary/aromatic N) is 1. The van der Waals surface area contributed by atoms with Crippen LogP contribution in [0.4, 0.5) is 10.1 Å². The van der Waals surface area contributed by atoms with Crippen molar-refractivity contribution in [3.05, 3.63) is 33.9 Å². The molecule has 2 N–H and O–H groups in total. The fraction of sp³-hybridized carbons (Fsp3) is 0.333. The number of benzene rings is 1. The normalized spacial score (nSPS) is 12.2. The minimum atomic E-state index is -1.53. The van der Waals surface area contributed by atoms with Crippen LogP contribution < -0.4 is 10.5 Å². The lowest BCUT2D eigenvalue weighted by Crippen LogP contribution is -2.09. The van der Waals surface area contributed by atoms with Crippen molar-refractivity contribution in [2.75, 3.05) is 13.7 Å². The number of rotatable bonds is 4. The first-order chi connectivity index (χ1) is 7.10. The van der Waals surface area contributed by atoms with Gasteiger partial charge in [0.1, 0.15) is 11.9 Å². The van der Waals surface area contributed by atoms with Gasteiger partial charge in [-0.05, 0) is 12.1 Å². The number of halogens is 1. The fourth-order valence-electron chi connectivity index (χ4n) is 1.20. The molecule has 0 spiro atoms. The van der Waals surface area contributed by atoms with Gasteiger partial charge in [0.15, 0.2) is 0 Å². The number of hydrogen-bond donors (Lipinski definition) is 1. The molecule has 0 saturated heterocycles. The lowest BCUT2D eigenvalue weighted by molar-refractivity contribution is -0.386. The van der Waals surface area contributed by atoms with Crippen molar-refractivity contribution in [1.82, 2.24) is 0 Å². The Balaban J connectivity index is 3.21. The van der Waals surface area contributed by atoms with Crippen molar-refractivity contribution >= 4 is 5.69 Å². The molecule has 5 nitrogen and oxygen atoms in total. The number of methoxy groups -OCH3 is 1. The van der Waals surface area contributed by atoms with Crippen LogP contribution in [0.15, 0.2) is 18.2 Å². The molecule has 0 aliphatic heterocycles. The highest BCUT2D eigenvalue weighted by Gasteiger charge is 2.21. The molecule has 0 fully saturated rings. The van der Waals surface area contributed by atoms with E-state index in [1.54, 1.807) is 0 Å². The van der Waals surface area contributed by atoms with Gasteiger partial charge >= 0.3 is 0 Å². The standard InChI is InChI=1S/C9H11FN2O3/c1-15-6-2-3-7(8(10)5-11)9(4-6)12(13)14/h2-4,8H,5,11H2,1H3. The van der Waals surface area contributed by atoms with Crippen molar-refractivity contribution in [2.45, 2.75) is 6.17 Å². The lowest BCUT2D eigenvalue weighted by atomic mass is 10.1. The van der Waals surface area contributed by atoms with Crippen LogP contribution in [-0.2, 0) is 0 Å². The zero-order chi connectivity index (χ0) is 11.4. The Labute approximate surface area is 85.8 Å². The molecule has 82 valence electrons. The van der Waals surface area contributed by atoms with Gasteiger partial charge in [-0.2, -0.15) is 0 Å². The van der Waals surface area contributed by atoms with Gasteiger partial charge in [-0.25, -0.2) is 4.39 Å². The summed E-state index contributed by atoms with van der Waals surface area (Å²) in [6.07, 6.45) is -1.53. The van der Waals surface area contributed by atoms with Gasteiger partial charge in [-0.15, -0.1) is 0 Å². The van der Waals surface area contributed by atoms with E-state index in [4.69, 9.17) is 10.5 Å². The molecule has 1 aromatic carbocycles. The predicted octanol–water partition coefficient (Wildman–Crippen LogP) is 1.57. The average molecular weight is 214 g/mol. The lowest BCUT2D eigenvalue weighted by Gasteiger charge is -2.07. The third kappa shape index (κ3) is 2.41. The van der Waals surface area contributed by atoms with E-state index in [9.17, 15) is 14.5 Å². The second-order valence-electron chi connectivity index (χ2n) is 2.89. The molecule has 0 amide bonds. The Kier molecular flexibility index (Phi) is 3.56. The van der Waals surface area contributed by atoms with Gasteiger partial charge in [-0.3, -0.25) is 10.1 Å². The summed E-state index contributed by atoms with van der Waals surface area (Å²) >= 11 is 0. The SMILES string of the molecule is COc1ccc(C(F)CN)c([N+](=O)[O-])c1. The Hall–Kier alpha value is -1.69. The predicted molar refractivity (Wildman–Crippen MR) is 52.6 cm³/mol. The van der Waals surface area contributed by atoms with Crippen LogP contribution in [0.25, 0.3) is 0 Å². The van der Waals surface area contributed by atoms with Gasteiger partial charge in [-0.1, -0.05) is 0 Å². The number of hydrogen-bond acceptors (Lipinski definition) is 4. The van der Waals surface area contributed by atoms with Crippen LogP contribution in [0.1, 0.15) is 11.7 Å². The molecule has 1 aromatic rings. The van der Waals surface area contributed by atoms with E-state index in [-0.39, 0.29) is 17.8 Å². The summed E-state index contributed by atoms with van der Waals surface area (Å²) in [5, 5.41) is 10.7. The molecular formula is C9H11FN2O3. The summed E-state index contributed by atoms with van der Waals surface area (Å²) < 4.78 is 18.1. The van der Waals surface area contributed by atoms with Crippen molar-refractivity contribution in [3.63, 3.8) is 0 Å². The van der Waals surface area contributed by atoms with Crippen LogP contribution in [0.2, 0.25) is 0 Å². The number of nitrogens with two attached hydrogens (primary N) is 1. The molecule has 0 aliphatic rings. The highest BCUT2D eigenvalue weighted by Crippen LogP contribution is 2.30. The summed E-state index contributed by atoms with van der Waals surface area (Å²) in [6.45, 7) is -0.285.